The molecule has 3 nitrogen and oxygen atoms in total. The van der Waals surface area contributed by atoms with Crippen molar-refractivity contribution in [3.63, 3.8) is 0 Å². The molecule has 0 saturated carbocycles. The Bertz CT molecular complexity index is 478. The van der Waals surface area contributed by atoms with Crippen LogP contribution >= 0.6 is 0 Å². The lowest BCUT2D eigenvalue weighted by Gasteiger charge is -2.11. The first-order valence-corrected chi connectivity index (χ1v) is 5.01. The molecule has 17 heavy (non-hydrogen) atoms. The maximum absolute atomic E-state index is 12.8. The number of halogens is 2. The van der Waals surface area contributed by atoms with E-state index in [9.17, 15) is 13.6 Å². The van der Waals surface area contributed by atoms with E-state index < -0.39 is 12.4 Å². The summed E-state index contributed by atoms with van der Waals surface area (Å²) in [6.45, 7) is 3.11. The van der Waals surface area contributed by atoms with E-state index in [1.165, 1.54) is 13.0 Å². The van der Waals surface area contributed by atoms with Gasteiger partial charge in [0.15, 0.2) is 0 Å². The van der Waals surface area contributed by atoms with Crippen LogP contribution in [-0.2, 0) is 4.74 Å². The average molecular weight is 239 g/mol. The lowest BCUT2D eigenvalue weighted by Crippen LogP contribution is -2.10. The van der Waals surface area contributed by atoms with Crippen molar-refractivity contribution < 1.29 is 18.3 Å². The van der Waals surface area contributed by atoms with Crippen molar-refractivity contribution in [1.29, 1.82) is 5.26 Å². The van der Waals surface area contributed by atoms with Crippen LogP contribution in [0.1, 0.15) is 40.4 Å². The Morgan fingerprint density at radius 3 is 2.65 bits per heavy atom. The van der Waals surface area contributed by atoms with Gasteiger partial charge in [-0.3, -0.25) is 0 Å². The SMILES string of the molecule is CCOC(=O)c1cc(C#N)cc(C)c1C(F)F. The highest BCUT2D eigenvalue weighted by Gasteiger charge is 2.22. The number of hydrogen-bond donors (Lipinski definition) is 0. The van der Waals surface area contributed by atoms with Crippen LogP contribution in [0.5, 0.6) is 0 Å². The van der Waals surface area contributed by atoms with Crippen molar-refractivity contribution in [3.05, 3.63) is 34.4 Å². The van der Waals surface area contributed by atoms with E-state index in [1.807, 2.05) is 6.07 Å². The largest absolute Gasteiger partial charge is 0.462 e. The third kappa shape index (κ3) is 2.78. The zero-order valence-corrected chi connectivity index (χ0v) is 9.46. The molecule has 0 radical (unpaired) electrons. The summed E-state index contributed by atoms with van der Waals surface area (Å²) in [5.41, 5.74) is -0.238. The van der Waals surface area contributed by atoms with Gasteiger partial charge in [-0.05, 0) is 31.5 Å². The Hall–Kier alpha value is -1.96. The van der Waals surface area contributed by atoms with E-state index in [0.29, 0.717) is 0 Å². The fourth-order valence-corrected chi connectivity index (χ4v) is 1.53. The molecular formula is C12H11F2NO2. The monoisotopic (exact) mass is 239 g/mol. The molecule has 0 fully saturated rings. The normalized spacial score (nSPS) is 10.1. The summed E-state index contributed by atoms with van der Waals surface area (Å²) in [6, 6.07) is 4.27. The van der Waals surface area contributed by atoms with Crippen molar-refractivity contribution in [2.75, 3.05) is 6.61 Å². The summed E-state index contributed by atoms with van der Waals surface area (Å²) in [5.74, 6) is -0.831. The van der Waals surface area contributed by atoms with E-state index in [4.69, 9.17) is 10.00 Å². The van der Waals surface area contributed by atoms with Crippen LogP contribution in [0.25, 0.3) is 0 Å². The van der Waals surface area contributed by atoms with Crippen molar-refractivity contribution in [2.45, 2.75) is 20.3 Å². The van der Waals surface area contributed by atoms with Gasteiger partial charge < -0.3 is 4.74 Å². The number of carbonyl (C=O) groups is 1. The molecule has 0 amide bonds. The minimum absolute atomic E-state index is 0.0946. The summed E-state index contributed by atoms with van der Waals surface area (Å²) in [5, 5.41) is 8.74. The van der Waals surface area contributed by atoms with Gasteiger partial charge in [0.1, 0.15) is 0 Å². The Morgan fingerprint density at radius 1 is 1.53 bits per heavy atom. The van der Waals surface area contributed by atoms with Crippen molar-refractivity contribution in [3.8, 4) is 6.07 Å². The Kier molecular flexibility index (Phi) is 4.16. The van der Waals surface area contributed by atoms with Gasteiger partial charge in [-0.25, -0.2) is 13.6 Å². The van der Waals surface area contributed by atoms with E-state index >= 15 is 0 Å². The molecule has 0 spiro atoms. The number of ether oxygens (including phenoxy) is 1. The molecule has 90 valence electrons. The number of nitriles is 1. The number of rotatable bonds is 3. The zero-order valence-electron chi connectivity index (χ0n) is 9.46. The van der Waals surface area contributed by atoms with Gasteiger partial charge in [-0.15, -0.1) is 0 Å². The van der Waals surface area contributed by atoms with Gasteiger partial charge in [0.2, 0.25) is 0 Å². The lowest BCUT2D eigenvalue weighted by molar-refractivity contribution is 0.0515. The number of alkyl halides is 2. The molecule has 1 aromatic rings. The maximum Gasteiger partial charge on any atom is 0.338 e. The second-order valence-corrected chi connectivity index (χ2v) is 3.39. The van der Waals surface area contributed by atoms with Gasteiger partial charge in [0.05, 0.1) is 23.8 Å². The number of carbonyl (C=O) groups excluding carboxylic acids is 1. The van der Waals surface area contributed by atoms with Crippen LogP contribution in [0.4, 0.5) is 8.78 Å². The van der Waals surface area contributed by atoms with E-state index in [0.717, 1.165) is 6.07 Å². The first-order valence-electron chi connectivity index (χ1n) is 5.01. The Balaban J connectivity index is 3.38. The fraction of sp³-hybridized carbons (Fsp3) is 0.333. The van der Waals surface area contributed by atoms with Crippen LogP contribution in [-0.4, -0.2) is 12.6 Å². The molecule has 1 aromatic carbocycles. The smallest absolute Gasteiger partial charge is 0.338 e. The number of nitrogens with zero attached hydrogens (tertiary/aromatic N) is 1. The second-order valence-electron chi connectivity index (χ2n) is 3.39. The molecule has 0 aliphatic rings. The third-order valence-electron chi connectivity index (χ3n) is 2.23. The van der Waals surface area contributed by atoms with Gasteiger partial charge in [0.25, 0.3) is 6.43 Å². The van der Waals surface area contributed by atoms with Crippen LogP contribution in [0.2, 0.25) is 0 Å². The van der Waals surface area contributed by atoms with Gasteiger partial charge in [-0.2, -0.15) is 5.26 Å². The quantitative estimate of drug-likeness (QED) is 0.762. The molecule has 0 aliphatic heterocycles. The zero-order chi connectivity index (χ0) is 13.0. The molecule has 0 saturated heterocycles. The van der Waals surface area contributed by atoms with Crippen LogP contribution in [0, 0.1) is 18.3 Å². The van der Waals surface area contributed by atoms with E-state index in [-0.39, 0.29) is 28.9 Å². The lowest BCUT2D eigenvalue weighted by atomic mass is 9.99. The molecule has 0 aliphatic carbocycles. The standard InChI is InChI=1S/C12H11F2NO2/c1-3-17-12(16)9-5-8(6-15)4-7(2)10(9)11(13)14/h4-5,11H,3H2,1-2H3. The summed E-state index contributed by atoms with van der Waals surface area (Å²) < 4.78 is 30.4. The Morgan fingerprint density at radius 2 is 2.18 bits per heavy atom. The van der Waals surface area contributed by atoms with Crippen molar-refractivity contribution in [2.24, 2.45) is 0 Å². The molecule has 0 aromatic heterocycles. The van der Waals surface area contributed by atoms with Crippen molar-refractivity contribution in [1.82, 2.24) is 0 Å². The molecule has 0 N–H and O–H groups in total. The molecular weight excluding hydrogens is 228 g/mol. The van der Waals surface area contributed by atoms with Crippen LogP contribution in [0.3, 0.4) is 0 Å². The van der Waals surface area contributed by atoms with E-state index in [2.05, 4.69) is 0 Å². The number of hydrogen-bond acceptors (Lipinski definition) is 3. The first kappa shape index (κ1) is 13.1. The summed E-state index contributed by atoms with van der Waals surface area (Å²) >= 11 is 0. The molecule has 0 unspecified atom stereocenters. The highest BCUT2D eigenvalue weighted by molar-refractivity contribution is 5.92. The van der Waals surface area contributed by atoms with Crippen LogP contribution in [0.15, 0.2) is 12.1 Å². The molecule has 1 rings (SSSR count). The minimum atomic E-state index is -2.78. The second kappa shape index (κ2) is 5.39. The Labute approximate surface area is 97.6 Å². The minimum Gasteiger partial charge on any atom is -0.462 e. The highest BCUT2D eigenvalue weighted by Crippen LogP contribution is 2.28. The summed E-state index contributed by atoms with van der Waals surface area (Å²) in [7, 11) is 0. The van der Waals surface area contributed by atoms with Gasteiger partial charge >= 0.3 is 5.97 Å². The highest BCUT2D eigenvalue weighted by atomic mass is 19.3. The molecule has 0 bridgehead atoms. The van der Waals surface area contributed by atoms with Crippen molar-refractivity contribution >= 4 is 5.97 Å². The predicted molar refractivity (Wildman–Crippen MR) is 56.8 cm³/mol. The van der Waals surface area contributed by atoms with E-state index in [1.54, 1.807) is 6.92 Å². The van der Waals surface area contributed by atoms with Gasteiger partial charge in [-0.1, -0.05) is 0 Å². The fourth-order valence-electron chi connectivity index (χ4n) is 1.53. The molecule has 0 atom stereocenters. The molecule has 5 heteroatoms. The topological polar surface area (TPSA) is 50.1 Å². The predicted octanol–water partition coefficient (Wildman–Crippen LogP) is 2.98. The van der Waals surface area contributed by atoms with Gasteiger partial charge in [0, 0.05) is 5.56 Å². The number of aryl methyl sites for hydroxylation is 1. The summed E-state index contributed by atoms with van der Waals surface area (Å²) in [4.78, 5) is 11.5. The van der Waals surface area contributed by atoms with Crippen LogP contribution < -0.4 is 0 Å². The average Bonchev–Trinajstić information content (AvgIpc) is 2.27. The molecule has 0 heterocycles. The summed E-state index contributed by atoms with van der Waals surface area (Å²) in [6.07, 6.45) is -2.78. The maximum atomic E-state index is 12.8. The number of esters is 1. The number of benzene rings is 1. The first-order chi connectivity index (χ1) is 8.01. The third-order valence-corrected chi connectivity index (χ3v) is 2.23.